The summed E-state index contributed by atoms with van der Waals surface area (Å²) in [5, 5.41) is 3.33. The van der Waals surface area contributed by atoms with Crippen molar-refractivity contribution in [1.82, 2.24) is 5.32 Å². The molecule has 1 heterocycles. The Morgan fingerprint density at radius 2 is 1.78 bits per heavy atom. The standard InChI is InChI=1S/C29H37NO6/c1-16(2)35-22-14-10-9-13-20(22)25-24(29(33)36-19-11-7-6-8-12-19)18(4)30-21-15-17(3)23(28(32)34-5)27(31)26(21)25/h9-10,13-14,16-17,19,23,25,30H,6-8,11-12,15H2,1-5H3/t17-,23-,25+/m1/s1. The molecular weight excluding hydrogens is 458 g/mol. The van der Waals surface area contributed by atoms with Crippen LogP contribution in [0.4, 0.5) is 0 Å². The van der Waals surface area contributed by atoms with Gasteiger partial charge in [0.1, 0.15) is 17.8 Å². The molecule has 2 aliphatic carbocycles. The predicted octanol–water partition coefficient (Wildman–Crippen LogP) is 4.96. The van der Waals surface area contributed by atoms with Crippen LogP contribution in [0.25, 0.3) is 0 Å². The van der Waals surface area contributed by atoms with Gasteiger partial charge in [-0.3, -0.25) is 9.59 Å². The van der Waals surface area contributed by atoms with Gasteiger partial charge in [0.25, 0.3) is 0 Å². The molecule has 3 atom stereocenters. The van der Waals surface area contributed by atoms with Crippen LogP contribution in [0.3, 0.4) is 0 Å². The van der Waals surface area contributed by atoms with Gasteiger partial charge >= 0.3 is 11.9 Å². The first-order valence-corrected chi connectivity index (χ1v) is 13.0. The second-order valence-electron chi connectivity index (χ2n) is 10.4. The summed E-state index contributed by atoms with van der Waals surface area (Å²) in [5.74, 6) is -2.57. The zero-order valence-electron chi connectivity index (χ0n) is 21.9. The molecule has 7 nitrogen and oxygen atoms in total. The van der Waals surface area contributed by atoms with Crippen LogP contribution in [0.2, 0.25) is 0 Å². The summed E-state index contributed by atoms with van der Waals surface area (Å²) in [6.45, 7) is 7.59. The number of methoxy groups -OCH3 is 1. The van der Waals surface area contributed by atoms with Crippen molar-refractivity contribution in [2.75, 3.05) is 7.11 Å². The number of ether oxygens (including phenoxy) is 3. The summed E-state index contributed by atoms with van der Waals surface area (Å²) < 4.78 is 17.1. The maximum absolute atomic E-state index is 13.9. The number of hydrogen-bond acceptors (Lipinski definition) is 7. The van der Waals surface area contributed by atoms with E-state index < -0.39 is 23.8 Å². The largest absolute Gasteiger partial charge is 0.491 e. The summed E-state index contributed by atoms with van der Waals surface area (Å²) in [6.07, 6.45) is 5.17. The molecule has 1 aliphatic heterocycles. The van der Waals surface area contributed by atoms with Crippen molar-refractivity contribution in [3.63, 3.8) is 0 Å². The number of nitrogens with one attached hydrogen (secondary N) is 1. The Labute approximate surface area is 213 Å². The van der Waals surface area contributed by atoms with Gasteiger partial charge in [0.15, 0.2) is 5.78 Å². The van der Waals surface area contributed by atoms with Gasteiger partial charge in [-0.05, 0) is 64.9 Å². The Bertz CT molecular complexity index is 1090. The number of allylic oxidation sites excluding steroid dienone is 3. The normalized spacial score (nSPS) is 24.8. The molecule has 194 valence electrons. The number of hydrogen-bond donors (Lipinski definition) is 1. The average molecular weight is 496 g/mol. The first kappa shape index (κ1) is 26.0. The number of esters is 2. The lowest BCUT2D eigenvalue weighted by molar-refractivity contribution is -0.151. The van der Waals surface area contributed by atoms with Crippen molar-refractivity contribution in [3.05, 3.63) is 52.4 Å². The first-order chi connectivity index (χ1) is 17.2. The van der Waals surface area contributed by atoms with E-state index in [9.17, 15) is 14.4 Å². The Balaban J connectivity index is 1.83. The van der Waals surface area contributed by atoms with Gasteiger partial charge in [0.05, 0.1) is 24.7 Å². The van der Waals surface area contributed by atoms with Crippen molar-refractivity contribution in [2.24, 2.45) is 11.8 Å². The van der Waals surface area contributed by atoms with Crippen LogP contribution in [0, 0.1) is 11.8 Å². The molecule has 1 fully saturated rings. The van der Waals surface area contributed by atoms with E-state index in [2.05, 4.69) is 5.32 Å². The molecule has 3 aliphatic rings. The van der Waals surface area contributed by atoms with Crippen LogP contribution in [0.15, 0.2) is 46.8 Å². The number of dihydropyridines is 1. The third-order valence-electron chi connectivity index (χ3n) is 7.38. The molecule has 36 heavy (non-hydrogen) atoms. The summed E-state index contributed by atoms with van der Waals surface area (Å²) in [4.78, 5) is 40.3. The predicted molar refractivity (Wildman–Crippen MR) is 135 cm³/mol. The Morgan fingerprint density at radius 3 is 2.44 bits per heavy atom. The van der Waals surface area contributed by atoms with E-state index in [0.29, 0.717) is 34.6 Å². The minimum atomic E-state index is -0.926. The molecule has 0 radical (unpaired) electrons. The quantitative estimate of drug-likeness (QED) is 0.440. The number of carbonyl (C=O) groups excluding carboxylic acids is 3. The number of rotatable bonds is 6. The molecule has 4 rings (SSSR count). The van der Waals surface area contributed by atoms with E-state index in [-0.39, 0.29) is 23.9 Å². The summed E-state index contributed by atoms with van der Waals surface area (Å²) in [7, 11) is 1.30. The van der Waals surface area contributed by atoms with E-state index >= 15 is 0 Å². The lowest BCUT2D eigenvalue weighted by Gasteiger charge is -2.39. The Morgan fingerprint density at radius 1 is 1.08 bits per heavy atom. The summed E-state index contributed by atoms with van der Waals surface area (Å²) in [5.41, 5.74) is 2.93. The van der Waals surface area contributed by atoms with Gasteiger partial charge in [0.2, 0.25) is 0 Å². The molecule has 1 N–H and O–H groups in total. The lowest BCUT2D eigenvalue weighted by atomic mass is 9.69. The van der Waals surface area contributed by atoms with Crippen LogP contribution in [-0.4, -0.2) is 37.0 Å². The minimum absolute atomic E-state index is 0.103. The third kappa shape index (κ3) is 5.06. The van der Waals surface area contributed by atoms with E-state index in [0.717, 1.165) is 37.8 Å². The van der Waals surface area contributed by atoms with Gasteiger partial charge in [0, 0.05) is 22.5 Å². The SMILES string of the molecule is COC(=O)[C@H]1C(=O)C2=C(C[C@H]1C)NC(C)=C(C(=O)OC1CCCCC1)[C@@H]2c1ccccc1OC(C)C. The van der Waals surface area contributed by atoms with Crippen LogP contribution in [0.1, 0.15) is 77.7 Å². The number of Topliss-reactive ketones (excluding diaryl/α,β-unsaturated/α-hetero) is 1. The van der Waals surface area contributed by atoms with Gasteiger partial charge < -0.3 is 19.5 Å². The Kier molecular flexibility index (Phi) is 7.86. The van der Waals surface area contributed by atoms with Crippen molar-refractivity contribution < 1.29 is 28.6 Å². The fourth-order valence-electron chi connectivity index (χ4n) is 5.74. The van der Waals surface area contributed by atoms with Gasteiger partial charge in [-0.15, -0.1) is 0 Å². The number of benzene rings is 1. The molecule has 0 aromatic heterocycles. The molecule has 0 unspecified atom stereocenters. The van der Waals surface area contributed by atoms with E-state index in [4.69, 9.17) is 14.2 Å². The fraction of sp³-hybridized carbons (Fsp3) is 0.552. The van der Waals surface area contributed by atoms with Crippen LogP contribution >= 0.6 is 0 Å². The summed E-state index contributed by atoms with van der Waals surface area (Å²) >= 11 is 0. The van der Waals surface area contributed by atoms with Crippen molar-refractivity contribution in [1.29, 1.82) is 0 Å². The number of ketones is 1. The van der Waals surface area contributed by atoms with E-state index in [1.165, 1.54) is 7.11 Å². The second-order valence-corrected chi connectivity index (χ2v) is 10.4. The van der Waals surface area contributed by atoms with E-state index in [1.807, 2.05) is 52.0 Å². The summed E-state index contributed by atoms with van der Waals surface area (Å²) in [6, 6.07) is 7.48. The number of para-hydroxylation sites is 1. The van der Waals surface area contributed by atoms with Crippen LogP contribution in [-0.2, 0) is 23.9 Å². The molecule has 0 bridgehead atoms. The monoisotopic (exact) mass is 495 g/mol. The maximum atomic E-state index is 13.9. The van der Waals surface area contributed by atoms with Crippen LogP contribution in [0.5, 0.6) is 5.75 Å². The van der Waals surface area contributed by atoms with Crippen molar-refractivity contribution in [3.8, 4) is 5.75 Å². The first-order valence-electron chi connectivity index (χ1n) is 13.0. The van der Waals surface area contributed by atoms with Crippen molar-refractivity contribution in [2.45, 2.75) is 84.3 Å². The highest BCUT2D eigenvalue weighted by Gasteiger charge is 2.48. The fourth-order valence-corrected chi connectivity index (χ4v) is 5.74. The van der Waals surface area contributed by atoms with E-state index in [1.54, 1.807) is 0 Å². The molecule has 1 saturated carbocycles. The van der Waals surface area contributed by atoms with Gasteiger partial charge in [-0.1, -0.05) is 31.5 Å². The maximum Gasteiger partial charge on any atom is 0.337 e. The van der Waals surface area contributed by atoms with Crippen LogP contribution < -0.4 is 10.1 Å². The molecule has 0 amide bonds. The average Bonchev–Trinajstić information content (AvgIpc) is 2.83. The zero-order chi connectivity index (χ0) is 26.0. The molecule has 1 aromatic carbocycles. The number of carbonyl (C=O) groups is 3. The molecule has 0 spiro atoms. The molecule has 0 saturated heterocycles. The minimum Gasteiger partial charge on any atom is -0.491 e. The smallest absolute Gasteiger partial charge is 0.337 e. The highest BCUT2D eigenvalue weighted by atomic mass is 16.5. The van der Waals surface area contributed by atoms with Gasteiger partial charge in [-0.25, -0.2) is 4.79 Å². The van der Waals surface area contributed by atoms with Crippen molar-refractivity contribution >= 4 is 17.7 Å². The lowest BCUT2D eigenvalue weighted by Crippen LogP contribution is -2.43. The van der Waals surface area contributed by atoms with Gasteiger partial charge in [-0.2, -0.15) is 0 Å². The zero-order valence-corrected chi connectivity index (χ0v) is 21.9. The molecular formula is C29H37NO6. The second kappa shape index (κ2) is 10.9. The highest BCUT2D eigenvalue weighted by Crippen LogP contribution is 2.48. The molecule has 1 aromatic rings. The Hall–Kier alpha value is -3.09. The third-order valence-corrected chi connectivity index (χ3v) is 7.38. The molecule has 7 heteroatoms. The topological polar surface area (TPSA) is 90.9 Å². The highest BCUT2D eigenvalue weighted by molar-refractivity contribution is 6.12.